The minimum absolute atomic E-state index is 0.0947. The molecule has 3 rings (SSSR count). The number of hydrogen-bond acceptors (Lipinski definition) is 5. The number of hydrogen-bond donors (Lipinski definition) is 1. The van der Waals surface area contributed by atoms with Crippen molar-refractivity contribution >= 4 is 5.82 Å². The van der Waals surface area contributed by atoms with Crippen molar-refractivity contribution in [1.29, 1.82) is 0 Å². The van der Waals surface area contributed by atoms with Gasteiger partial charge in [0.15, 0.2) is 5.82 Å². The molecule has 2 atom stereocenters. The van der Waals surface area contributed by atoms with E-state index in [1.807, 2.05) is 6.92 Å². The molecular weight excluding hydrogens is 258 g/mol. The minimum atomic E-state index is -0.356. The Labute approximate surface area is 118 Å². The van der Waals surface area contributed by atoms with Crippen LogP contribution in [-0.4, -0.2) is 51.6 Å². The molecule has 1 N–H and O–H groups in total. The molecule has 2 fully saturated rings. The maximum atomic E-state index is 11.0. The van der Waals surface area contributed by atoms with Crippen LogP contribution in [0.3, 0.4) is 0 Å². The number of nitro groups is 1. The molecule has 1 aromatic heterocycles. The lowest BCUT2D eigenvalue weighted by atomic mass is 9.94. The first kappa shape index (κ1) is 13.5. The van der Waals surface area contributed by atoms with E-state index < -0.39 is 0 Å². The van der Waals surface area contributed by atoms with Crippen molar-refractivity contribution in [2.24, 2.45) is 5.92 Å². The molecule has 1 aromatic rings. The average Bonchev–Trinajstić information content (AvgIpc) is 2.99. The summed E-state index contributed by atoms with van der Waals surface area (Å²) >= 11 is 0. The van der Waals surface area contributed by atoms with Gasteiger partial charge in [0.25, 0.3) is 0 Å². The van der Waals surface area contributed by atoms with Crippen LogP contribution in [0.5, 0.6) is 0 Å². The third kappa shape index (κ3) is 2.55. The Bertz CT molecular complexity index is 487. The van der Waals surface area contributed by atoms with Gasteiger partial charge in [-0.25, -0.2) is 9.55 Å². The van der Waals surface area contributed by atoms with E-state index >= 15 is 0 Å². The fraction of sp³-hybridized carbons (Fsp3) is 0.769. The Morgan fingerprint density at radius 1 is 1.50 bits per heavy atom. The normalized spacial score (nSPS) is 26.6. The van der Waals surface area contributed by atoms with Crippen LogP contribution in [-0.2, 0) is 6.54 Å². The van der Waals surface area contributed by atoms with Gasteiger partial charge in [-0.2, -0.15) is 0 Å². The van der Waals surface area contributed by atoms with Gasteiger partial charge in [-0.1, -0.05) is 0 Å². The van der Waals surface area contributed by atoms with E-state index in [9.17, 15) is 10.1 Å². The zero-order chi connectivity index (χ0) is 14.1. The number of aromatic nitrogens is 2. The molecule has 0 saturated carbocycles. The summed E-state index contributed by atoms with van der Waals surface area (Å²) in [5.74, 6) is 1.56. The largest absolute Gasteiger partial charge is 0.358 e. The van der Waals surface area contributed by atoms with Gasteiger partial charge >= 0.3 is 5.82 Å². The van der Waals surface area contributed by atoms with Crippen molar-refractivity contribution in [3.63, 3.8) is 0 Å². The number of likely N-dealkylation sites (tertiary alicyclic amines) is 1. The van der Waals surface area contributed by atoms with Crippen molar-refractivity contribution in [1.82, 2.24) is 19.8 Å². The number of nitrogens with zero attached hydrogens (tertiary/aromatic N) is 4. The molecule has 0 spiro atoms. The zero-order valence-electron chi connectivity index (χ0n) is 11.8. The molecule has 2 saturated heterocycles. The SMILES string of the molecule is Cc1ncc([N+](=O)[O-])n1CCN1CC2CCCNC2C1. The maximum absolute atomic E-state index is 11.0. The smallest absolute Gasteiger partial charge is 0.342 e. The van der Waals surface area contributed by atoms with Crippen molar-refractivity contribution < 1.29 is 4.92 Å². The van der Waals surface area contributed by atoms with E-state index in [4.69, 9.17) is 0 Å². The lowest BCUT2D eigenvalue weighted by Crippen LogP contribution is -2.40. The maximum Gasteiger partial charge on any atom is 0.342 e. The number of rotatable bonds is 4. The van der Waals surface area contributed by atoms with E-state index in [1.165, 1.54) is 19.0 Å². The fourth-order valence-electron chi connectivity index (χ4n) is 3.44. The summed E-state index contributed by atoms with van der Waals surface area (Å²) < 4.78 is 1.70. The van der Waals surface area contributed by atoms with Crippen LogP contribution in [0.4, 0.5) is 5.82 Å². The molecule has 20 heavy (non-hydrogen) atoms. The fourth-order valence-corrected chi connectivity index (χ4v) is 3.44. The van der Waals surface area contributed by atoms with Crippen LogP contribution in [0.2, 0.25) is 0 Å². The average molecular weight is 279 g/mol. The summed E-state index contributed by atoms with van der Waals surface area (Å²) in [6.45, 7) is 6.61. The second-order valence-electron chi connectivity index (χ2n) is 5.79. The molecule has 0 aromatic carbocycles. The molecule has 7 nitrogen and oxygen atoms in total. The van der Waals surface area contributed by atoms with Gasteiger partial charge in [0.2, 0.25) is 0 Å². The quantitative estimate of drug-likeness (QED) is 0.651. The number of imidazole rings is 1. The number of nitrogens with one attached hydrogen (secondary N) is 1. The third-order valence-corrected chi connectivity index (χ3v) is 4.54. The third-order valence-electron chi connectivity index (χ3n) is 4.54. The Morgan fingerprint density at radius 3 is 3.10 bits per heavy atom. The monoisotopic (exact) mass is 279 g/mol. The van der Waals surface area contributed by atoms with E-state index in [0.29, 0.717) is 18.4 Å². The standard InChI is InChI=1S/C13H21N5O2/c1-10-15-7-13(18(19)20)17(10)6-5-16-8-11-3-2-4-14-12(11)9-16/h7,11-12,14H,2-6,8-9H2,1H3. The van der Waals surface area contributed by atoms with Crippen molar-refractivity contribution in [2.45, 2.75) is 32.4 Å². The molecule has 7 heteroatoms. The Hall–Kier alpha value is -1.47. The topological polar surface area (TPSA) is 76.2 Å². The van der Waals surface area contributed by atoms with Crippen LogP contribution < -0.4 is 5.32 Å². The molecule has 2 unspecified atom stereocenters. The van der Waals surface area contributed by atoms with Crippen molar-refractivity contribution in [3.8, 4) is 0 Å². The number of piperidine rings is 1. The van der Waals surface area contributed by atoms with Crippen LogP contribution in [0.1, 0.15) is 18.7 Å². The highest BCUT2D eigenvalue weighted by Gasteiger charge is 2.34. The first-order chi connectivity index (χ1) is 9.65. The highest BCUT2D eigenvalue weighted by atomic mass is 16.6. The van der Waals surface area contributed by atoms with Gasteiger partial charge in [0, 0.05) is 32.6 Å². The van der Waals surface area contributed by atoms with Crippen LogP contribution >= 0.6 is 0 Å². The first-order valence-electron chi connectivity index (χ1n) is 7.27. The van der Waals surface area contributed by atoms with E-state index in [-0.39, 0.29) is 10.7 Å². The summed E-state index contributed by atoms with van der Waals surface area (Å²) in [6, 6.07) is 0.614. The van der Waals surface area contributed by atoms with Gasteiger partial charge < -0.3 is 15.4 Å². The Morgan fingerprint density at radius 2 is 2.35 bits per heavy atom. The first-order valence-corrected chi connectivity index (χ1v) is 7.27. The van der Waals surface area contributed by atoms with Gasteiger partial charge in [-0.3, -0.25) is 4.90 Å². The predicted molar refractivity (Wildman–Crippen MR) is 74.6 cm³/mol. The highest BCUT2D eigenvalue weighted by Crippen LogP contribution is 2.25. The number of aryl methyl sites for hydroxylation is 1. The second-order valence-corrected chi connectivity index (χ2v) is 5.79. The summed E-state index contributed by atoms with van der Waals surface area (Å²) in [4.78, 5) is 17.1. The van der Waals surface area contributed by atoms with Gasteiger partial charge in [-0.05, 0) is 30.2 Å². The Balaban J connectivity index is 1.60. The molecule has 110 valence electrons. The lowest BCUT2D eigenvalue weighted by Gasteiger charge is -2.24. The summed E-state index contributed by atoms with van der Waals surface area (Å²) in [6.07, 6.45) is 3.92. The van der Waals surface area contributed by atoms with Crippen molar-refractivity contribution in [2.75, 3.05) is 26.2 Å². The lowest BCUT2D eigenvalue weighted by molar-refractivity contribution is -0.392. The molecule has 0 bridgehead atoms. The van der Waals surface area contributed by atoms with Crippen LogP contribution in [0.15, 0.2) is 6.20 Å². The molecule has 2 aliphatic rings. The molecular formula is C13H21N5O2. The summed E-state index contributed by atoms with van der Waals surface area (Å²) in [5.41, 5.74) is 0. The minimum Gasteiger partial charge on any atom is -0.358 e. The second kappa shape index (κ2) is 5.49. The molecule has 0 aliphatic carbocycles. The van der Waals surface area contributed by atoms with Crippen LogP contribution in [0.25, 0.3) is 0 Å². The van der Waals surface area contributed by atoms with E-state index in [0.717, 1.165) is 32.1 Å². The molecule has 0 amide bonds. The van der Waals surface area contributed by atoms with Gasteiger partial charge in [-0.15, -0.1) is 0 Å². The molecule has 2 aliphatic heterocycles. The molecule has 3 heterocycles. The Kier molecular flexibility index (Phi) is 3.71. The zero-order valence-corrected chi connectivity index (χ0v) is 11.8. The predicted octanol–water partition coefficient (Wildman–Crippen LogP) is 0.784. The highest BCUT2D eigenvalue weighted by molar-refractivity contribution is 5.18. The van der Waals surface area contributed by atoms with Crippen molar-refractivity contribution in [3.05, 3.63) is 22.1 Å². The van der Waals surface area contributed by atoms with E-state index in [2.05, 4.69) is 15.2 Å². The summed E-state index contributed by atoms with van der Waals surface area (Å²) in [5, 5.41) is 14.5. The van der Waals surface area contributed by atoms with E-state index in [1.54, 1.807) is 4.57 Å². The van der Waals surface area contributed by atoms with Gasteiger partial charge in [0.05, 0.1) is 0 Å². The van der Waals surface area contributed by atoms with Gasteiger partial charge in [0.1, 0.15) is 12.7 Å². The van der Waals surface area contributed by atoms with Crippen LogP contribution in [0, 0.1) is 23.0 Å². The number of fused-ring (bicyclic) bond motifs is 1. The summed E-state index contributed by atoms with van der Waals surface area (Å²) in [7, 11) is 0. The molecule has 0 radical (unpaired) electrons.